The van der Waals surface area contributed by atoms with Crippen LogP contribution in [0.2, 0.25) is 0 Å². The molecule has 168 valence electrons. The van der Waals surface area contributed by atoms with Crippen LogP contribution in [-0.2, 0) is 6.18 Å². The Labute approximate surface area is 178 Å². The number of halogens is 3. The average Bonchev–Trinajstić information content (AvgIpc) is 2.73. The summed E-state index contributed by atoms with van der Waals surface area (Å²) in [5.41, 5.74) is 5.09. The molecule has 0 spiro atoms. The fourth-order valence-corrected chi connectivity index (χ4v) is 3.39. The summed E-state index contributed by atoms with van der Waals surface area (Å²) in [7, 11) is 1.42. The van der Waals surface area contributed by atoms with Crippen LogP contribution in [0, 0.1) is 0 Å². The van der Waals surface area contributed by atoms with Crippen molar-refractivity contribution in [3.05, 3.63) is 35.5 Å². The quantitative estimate of drug-likeness (QED) is 0.637. The van der Waals surface area contributed by atoms with Crippen LogP contribution in [0.3, 0.4) is 0 Å². The van der Waals surface area contributed by atoms with Gasteiger partial charge < -0.3 is 26.0 Å². The molecular formula is C20H25F3N6O2. The van der Waals surface area contributed by atoms with Gasteiger partial charge in [-0.05, 0) is 37.6 Å². The summed E-state index contributed by atoms with van der Waals surface area (Å²) in [6.45, 7) is 5.01. The zero-order valence-electron chi connectivity index (χ0n) is 17.3. The molecule has 0 saturated carbocycles. The number of carbonyl (C=O) groups excluding carboxylic acids is 1. The first-order chi connectivity index (χ1) is 14.7. The molecule has 31 heavy (non-hydrogen) atoms. The van der Waals surface area contributed by atoms with Gasteiger partial charge in [0.05, 0.1) is 12.8 Å². The second kappa shape index (κ2) is 9.38. The van der Waals surface area contributed by atoms with Crippen molar-refractivity contribution in [1.29, 1.82) is 0 Å². The molecule has 0 bridgehead atoms. The standard InChI is InChI=1S/C20H25F3N6O2/c1-3-29-8-6-13(7-9-29)26-18(30)12-4-5-15(16(10-12)31-2)27-19-25-11-14(17(24)28-19)20(21,22)23/h4-5,10-11,13H,3,6-9H2,1-2H3,(H,26,30)(H3,24,25,27,28). The van der Waals surface area contributed by atoms with Crippen molar-refractivity contribution in [1.82, 2.24) is 20.2 Å². The summed E-state index contributed by atoms with van der Waals surface area (Å²) < 4.78 is 43.8. The van der Waals surface area contributed by atoms with E-state index in [-0.39, 0.29) is 17.9 Å². The maximum absolute atomic E-state index is 12.8. The molecule has 0 aliphatic carbocycles. The highest BCUT2D eigenvalue weighted by molar-refractivity contribution is 5.95. The van der Waals surface area contributed by atoms with E-state index >= 15 is 0 Å². The molecule has 1 aliphatic rings. The maximum atomic E-state index is 12.8. The van der Waals surface area contributed by atoms with E-state index in [9.17, 15) is 18.0 Å². The van der Waals surface area contributed by atoms with E-state index in [0.29, 0.717) is 23.2 Å². The van der Waals surface area contributed by atoms with E-state index in [1.54, 1.807) is 18.2 Å². The Hall–Kier alpha value is -3.08. The third-order valence-electron chi connectivity index (χ3n) is 5.20. The molecule has 2 aromatic rings. The van der Waals surface area contributed by atoms with Crippen molar-refractivity contribution in [2.24, 2.45) is 0 Å². The molecule has 4 N–H and O–H groups in total. The van der Waals surface area contributed by atoms with Gasteiger partial charge in [0.1, 0.15) is 17.1 Å². The lowest BCUT2D eigenvalue weighted by molar-refractivity contribution is -0.137. The first-order valence-electron chi connectivity index (χ1n) is 9.89. The van der Waals surface area contributed by atoms with E-state index in [2.05, 4.69) is 32.4 Å². The average molecular weight is 438 g/mol. The van der Waals surface area contributed by atoms with E-state index in [1.165, 1.54) is 7.11 Å². The van der Waals surface area contributed by atoms with Crippen LogP contribution < -0.4 is 21.1 Å². The lowest BCUT2D eigenvalue weighted by Gasteiger charge is -2.31. The van der Waals surface area contributed by atoms with E-state index in [0.717, 1.165) is 32.5 Å². The smallest absolute Gasteiger partial charge is 0.421 e. The number of anilines is 3. The van der Waals surface area contributed by atoms with Crippen LogP contribution >= 0.6 is 0 Å². The monoisotopic (exact) mass is 438 g/mol. The van der Waals surface area contributed by atoms with Gasteiger partial charge in [0.25, 0.3) is 5.91 Å². The number of rotatable bonds is 6. The second-order valence-corrected chi connectivity index (χ2v) is 7.21. The molecule has 3 rings (SSSR count). The Balaban J connectivity index is 1.70. The third-order valence-corrected chi connectivity index (χ3v) is 5.20. The topological polar surface area (TPSA) is 105 Å². The molecule has 8 nitrogen and oxygen atoms in total. The number of methoxy groups -OCH3 is 1. The Morgan fingerprint density at radius 3 is 2.61 bits per heavy atom. The highest BCUT2D eigenvalue weighted by Crippen LogP contribution is 2.33. The summed E-state index contributed by atoms with van der Waals surface area (Å²) >= 11 is 0. The molecule has 0 atom stereocenters. The van der Waals surface area contributed by atoms with Crippen LogP contribution in [0.1, 0.15) is 35.7 Å². The number of hydrogen-bond acceptors (Lipinski definition) is 7. The predicted octanol–water partition coefficient (Wildman–Crippen LogP) is 3.04. The lowest BCUT2D eigenvalue weighted by atomic mass is 10.0. The highest BCUT2D eigenvalue weighted by atomic mass is 19.4. The van der Waals surface area contributed by atoms with Gasteiger partial charge in [-0.2, -0.15) is 18.2 Å². The number of piperidine rings is 1. The van der Waals surface area contributed by atoms with Gasteiger partial charge in [-0.3, -0.25) is 4.79 Å². The second-order valence-electron chi connectivity index (χ2n) is 7.21. The molecule has 1 aromatic heterocycles. The Morgan fingerprint density at radius 1 is 1.32 bits per heavy atom. The van der Waals surface area contributed by atoms with Crippen LogP contribution in [0.4, 0.5) is 30.6 Å². The molecule has 2 heterocycles. The molecule has 0 unspecified atom stereocenters. The number of aromatic nitrogens is 2. The number of carbonyl (C=O) groups is 1. The largest absolute Gasteiger partial charge is 0.495 e. The van der Waals surface area contributed by atoms with Crippen LogP contribution in [0.25, 0.3) is 0 Å². The third kappa shape index (κ3) is 5.54. The summed E-state index contributed by atoms with van der Waals surface area (Å²) in [5.74, 6) is -0.705. The van der Waals surface area contributed by atoms with Gasteiger partial charge >= 0.3 is 6.18 Å². The number of nitrogens with two attached hydrogens (primary N) is 1. The van der Waals surface area contributed by atoms with E-state index < -0.39 is 17.6 Å². The fourth-order valence-electron chi connectivity index (χ4n) is 3.39. The van der Waals surface area contributed by atoms with Crippen molar-refractivity contribution in [2.75, 3.05) is 37.8 Å². The number of likely N-dealkylation sites (tertiary alicyclic amines) is 1. The number of nitrogen functional groups attached to an aromatic ring is 1. The summed E-state index contributed by atoms with van der Waals surface area (Å²) in [6.07, 6.45) is -2.24. The van der Waals surface area contributed by atoms with Crippen molar-refractivity contribution in [3.8, 4) is 5.75 Å². The van der Waals surface area contributed by atoms with Gasteiger partial charge in [-0.25, -0.2) is 4.98 Å². The lowest BCUT2D eigenvalue weighted by Crippen LogP contribution is -2.44. The van der Waals surface area contributed by atoms with Crippen molar-refractivity contribution in [3.63, 3.8) is 0 Å². The molecule has 1 amide bonds. The molecular weight excluding hydrogens is 413 g/mol. The van der Waals surface area contributed by atoms with Crippen molar-refractivity contribution < 1.29 is 22.7 Å². The van der Waals surface area contributed by atoms with Crippen LogP contribution in [-0.4, -0.2) is 53.6 Å². The molecule has 1 saturated heterocycles. The number of hydrogen-bond donors (Lipinski definition) is 3. The first-order valence-corrected chi connectivity index (χ1v) is 9.89. The Kier molecular flexibility index (Phi) is 6.84. The minimum absolute atomic E-state index is 0.114. The Morgan fingerprint density at radius 2 is 2.03 bits per heavy atom. The summed E-state index contributed by atoms with van der Waals surface area (Å²) in [4.78, 5) is 22.3. The number of alkyl halides is 3. The predicted molar refractivity (Wildman–Crippen MR) is 110 cm³/mol. The zero-order chi connectivity index (χ0) is 22.6. The molecule has 11 heteroatoms. The first kappa shape index (κ1) is 22.6. The van der Waals surface area contributed by atoms with Crippen LogP contribution in [0.15, 0.2) is 24.4 Å². The Bertz CT molecular complexity index is 930. The van der Waals surface area contributed by atoms with Gasteiger partial charge in [-0.1, -0.05) is 6.92 Å². The minimum Gasteiger partial charge on any atom is -0.495 e. The van der Waals surface area contributed by atoms with E-state index in [1.807, 2.05) is 0 Å². The number of nitrogens with zero attached hydrogens (tertiary/aromatic N) is 3. The fraction of sp³-hybridized carbons (Fsp3) is 0.450. The molecule has 1 aromatic carbocycles. The summed E-state index contributed by atoms with van der Waals surface area (Å²) in [6, 6.07) is 4.83. The van der Waals surface area contributed by atoms with E-state index in [4.69, 9.17) is 10.5 Å². The number of nitrogens with one attached hydrogen (secondary N) is 2. The zero-order valence-corrected chi connectivity index (χ0v) is 17.3. The normalized spacial score (nSPS) is 15.5. The maximum Gasteiger partial charge on any atom is 0.421 e. The van der Waals surface area contributed by atoms with Crippen LogP contribution in [0.5, 0.6) is 5.75 Å². The van der Waals surface area contributed by atoms with Gasteiger partial charge in [0, 0.05) is 30.9 Å². The van der Waals surface area contributed by atoms with Crippen molar-refractivity contribution in [2.45, 2.75) is 32.0 Å². The molecule has 0 radical (unpaired) electrons. The molecule has 1 fully saturated rings. The minimum atomic E-state index is -4.64. The van der Waals surface area contributed by atoms with Crippen molar-refractivity contribution >= 4 is 23.4 Å². The van der Waals surface area contributed by atoms with Gasteiger partial charge in [0.2, 0.25) is 5.95 Å². The number of benzene rings is 1. The number of amides is 1. The SMILES string of the molecule is CCN1CCC(NC(=O)c2ccc(Nc3ncc(C(F)(F)F)c(N)n3)c(OC)c2)CC1. The highest BCUT2D eigenvalue weighted by Gasteiger charge is 2.34. The number of ether oxygens (including phenoxy) is 1. The van der Waals surface area contributed by atoms with Gasteiger partial charge in [0.15, 0.2) is 0 Å². The summed E-state index contributed by atoms with van der Waals surface area (Å²) in [5, 5.41) is 5.81. The van der Waals surface area contributed by atoms with Gasteiger partial charge in [-0.15, -0.1) is 0 Å². The molecule has 1 aliphatic heterocycles.